The third kappa shape index (κ3) is 40.0. The lowest BCUT2D eigenvalue weighted by atomic mass is 9.97. The summed E-state index contributed by atoms with van der Waals surface area (Å²) in [7, 11) is 0. The van der Waals surface area contributed by atoms with E-state index >= 15 is 0 Å². The number of carbonyl (C=O) groups is 8. The Balaban J connectivity index is 1.43. The van der Waals surface area contributed by atoms with Gasteiger partial charge >= 0.3 is 0 Å². The average molecular weight is 1540 g/mol. The Bertz CT molecular complexity index is 2420. The van der Waals surface area contributed by atoms with E-state index in [-0.39, 0.29) is 164 Å². The molecule has 3 rings (SSSR count). The summed E-state index contributed by atoms with van der Waals surface area (Å²) >= 11 is 0. The molecule has 17 atom stereocenters. The van der Waals surface area contributed by atoms with Gasteiger partial charge in [-0.15, -0.1) is 0 Å². The van der Waals surface area contributed by atoms with Crippen molar-refractivity contribution < 1.29 is 155 Å². The zero-order valence-electron chi connectivity index (χ0n) is 61.4. The second kappa shape index (κ2) is 57.8. The van der Waals surface area contributed by atoms with Gasteiger partial charge in [0.2, 0.25) is 47.3 Å². The summed E-state index contributed by atoms with van der Waals surface area (Å²) in [6.07, 6.45) is -10.2. The summed E-state index contributed by atoms with van der Waals surface area (Å²) in [6, 6.07) is -5.42. The van der Waals surface area contributed by atoms with Crippen molar-refractivity contribution in [1.29, 1.82) is 0 Å². The zero-order chi connectivity index (χ0) is 77.9. The van der Waals surface area contributed by atoms with Crippen LogP contribution in [0.2, 0.25) is 0 Å². The third-order valence-electron chi connectivity index (χ3n) is 16.3. The molecule has 0 aliphatic carbocycles. The molecular formula is C66H120N8O32. The predicted molar refractivity (Wildman–Crippen MR) is 366 cm³/mol. The van der Waals surface area contributed by atoms with E-state index in [0.29, 0.717) is 38.6 Å². The molecule has 0 spiro atoms. The fourth-order valence-corrected chi connectivity index (χ4v) is 10.8. The summed E-state index contributed by atoms with van der Waals surface area (Å²) in [5.41, 5.74) is 0. The lowest BCUT2D eigenvalue weighted by Gasteiger charge is -2.42. The second-order valence-electron chi connectivity index (χ2n) is 25.0. The first-order valence-corrected chi connectivity index (χ1v) is 36.2. The van der Waals surface area contributed by atoms with Gasteiger partial charge in [0.1, 0.15) is 105 Å². The molecule has 3 aliphatic rings. The summed E-state index contributed by atoms with van der Waals surface area (Å²) in [5.74, 6) is -3.96. The van der Waals surface area contributed by atoms with Crippen LogP contribution >= 0.6 is 0 Å². The molecule has 0 aromatic carbocycles. The fourth-order valence-electron chi connectivity index (χ4n) is 10.8. The molecule has 3 heterocycles. The van der Waals surface area contributed by atoms with Crippen molar-refractivity contribution in [3.63, 3.8) is 0 Å². The fraction of sp³-hybridized carbons (Fsp3) is 0.879. The molecular weight excluding hydrogens is 1420 g/mol. The molecule has 40 heteroatoms. The first kappa shape index (κ1) is 95.0. The maximum atomic E-state index is 14.1. The van der Waals surface area contributed by atoms with Gasteiger partial charge < -0.3 is 160 Å². The highest BCUT2D eigenvalue weighted by Gasteiger charge is 2.48. The molecule has 2 unspecified atom stereocenters. The molecule has 3 saturated heterocycles. The Kier molecular flexibility index (Phi) is 51.8. The third-order valence-corrected chi connectivity index (χ3v) is 16.3. The minimum absolute atomic E-state index is 0.00719. The van der Waals surface area contributed by atoms with Gasteiger partial charge in [-0.3, -0.25) is 38.4 Å². The van der Waals surface area contributed by atoms with Gasteiger partial charge in [0.25, 0.3) is 0 Å². The van der Waals surface area contributed by atoms with E-state index in [2.05, 4.69) is 49.5 Å². The highest BCUT2D eigenvalue weighted by molar-refractivity contribution is 5.92. The number of unbranched alkanes of at least 4 members (excludes halogenated alkanes) is 5. The molecule has 40 nitrogen and oxygen atoms in total. The van der Waals surface area contributed by atoms with Crippen molar-refractivity contribution in [2.45, 2.75) is 196 Å². The van der Waals surface area contributed by atoms with E-state index in [0.717, 1.165) is 19.3 Å². The van der Waals surface area contributed by atoms with Crippen LogP contribution in [0.4, 0.5) is 0 Å². The quantitative estimate of drug-likeness (QED) is 0.0252. The Labute approximate surface area is 617 Å². The average Bonchev–Trinajstić information content (AvgIpc) is 0.822. The first-order chi connectivity index (χ1) is 51.1. The highest BCUT2D eigenvalue weighted by Crippen LogP contribution is 2.25. The molecule has 3 aliphatic heterocycles. The summed E-state index contributed by atoms with van der Waals surface area (Å²) in [6.45, 7) is 5.46. The largest absolute Gasteiger partial charge is 0.394 e. The Morgan fingerprint density at radius 3 is 0.953 bits per heavy atom. The van der Waals surface area contributed by atoms with E-state index in [1.807, 2.05) is 0 Å². The molecule has 0 radical (unpaired) electrons. The number of carbonyl (C=O) groups excluding carboxylic acids is 8. The van der Waals surface area contributed by atoms with E-state index < -0.39 is 172 Å². The van der Waals surface area contributed by atoms with Gasteiger partial charge in [-0.05, 0) is 44.9 Å². The lowest BCUT2D eigenvalue weighted by molar-refractivity contribution is -0.272. The van der Waals surface area contributed by atoms with E-state index in [4.69, 9.17) is 71.1 Å². The van der Waals surface area contributed by atoms with Crippen molar-refractivity contribution in [3.05, 3.63) is 0 Å². The summed E-state index contributed by atoms with van der Waals surface area (Å²) in [5, 5.41) is 112. The van der Waals surface area contributed by atoms with Crippen LogP contribution in [0.1, 0.15) is 91.9 Å². The molecule has 0 aromatic rings. The molecule has 0 saturated carbocycles. The predicted octanol–water partition coefficient (Wildman–Crippen LogP) is -7.74. The van der Waals surface area contributed by atoms with Crippen molar-refractivity contribution in [3.8, 4) is 0 Å². The van der Waals surface area contributed by atoms with Crippen LogP contribution in [0.25, 0.3) is 0 Å². The molecule has 17 N–H and O–H groups in total. The van der Waals surface area contributed by atoms with Gasteiger partial charge in [-0.2, -0.15) is 0 Å². The van der Waals surface area contributed by atoms with E-state index in [1.165, 1.54) is 20.8 Å². The van der Waals surface area contributed by atoms with Gasteiger partial charge in [0.05, 0.1) is 139 Å². The molecule has 616 valence electrons. The number of ether oxygens (including phenoxy) is 15. The number of hydrogen-bond acceptors (Lipinski definition) is 32. The Morgan fingerprint density at radius 2 is 0.632 bits per heavy atom. The molecule has 8 amide bonds. The number of nitrogens with one attached hydrogen (secondary N) is 8. The number of hydrogen-bond donors (Lipinski definition) is 17. The van der Waals surface area contributed by atoms with Gasteiger partial charge in [0.15, 0.2) is 18.9 Å². The lowest BCUT2D eigenvalue weighted by Crippen LogP contribution is -2.64. The molecule has 0 aromatic heterocycles. The monoisotopic (exact) mass is 1540 g/mol. The molecule has 106 heavy (non-hydrogen) atoms. The first-order valence-electron chi connectivity index (χ1n) is 36.2. The highest BCUT2D eigenvalue weighted by atomic mass is 16.7. The number of rotatable bonds is 61. The topological polar surface area (TPSA) is 553 Å². The van der Waals surface area contributed by atoms with Crippen molar-refractivity contribution in [2.24, 2.45) is 0 Å². The van der Waals surface area contributed by atoms with Crippen LogP contribution in [-0.4, -0.2) is 375 Å². The number of aliphatic hydroxyl groups excluding tert-OH is 9. The van der Waals surface area contributed by atoms with Crippen LogP contribution in [0, 0.1) is 0 Å². The standard InChI is InChI=1S/C66H120N8O32/c1-5-6-7-10-17-69-62(90)45(13-8-11-15-67-50(81)39-98-27-24-92-18-21-95-30-33-101-64-53(70-42(2)78)59(87)56(84)47(36-75)104-64)74-63(91)46(73-52(83)41-100-29-26-94-20-23-97-32-35-103-66-55(72-44(4)80)61(89)58(86)49(38-77)106-66)14-9-12-16-68-51(82)40-99-28-25-93-19-22-96-31-34-102-65-54(71-43(3)79)60(88)57(85)48(37-76)105-65/h45-49,53-61,64-66,75-77,84-89H,5-41H2,1-4H3,(H,67,81)(H,68,82)(H,69,90)(H,70,78)(H,71,79)(H,72,80)(H,73,83)(H,74,91)/t45?,46?,47-,48-,49-,53-,54-,55-,56+,57+,58+,59-,60-,61-,64-,65-,66-/m1/s1. The SMILES string of the molecule is CCCCCCNC(=O)C(CCCCNC(=O)COCCOCCOCCO[C@@H]1O[C@H](CO)[C@H](O)[C@H](O)[C@H]1NC(C)=O)NC(=O)C(CCCCNC(=O)COCCOCCOCCO[C@@H]1O[C@H](CO)[C@H](O)[C@H](O)[C@H]1NC(C)=O)NC(=O)COCCOCCOCCO[C@@H]1O[C@H](CO)[C@H](O)[C@H](O)[C@H]1NC(C)=O. The maximum Gasteiger partial charge on any atom is 0.246 e. The van der Waals surface area contributed by atoms with Crippen LogP contribution in [0.3, 0.4) is 0 Å². The zero-order valence-corrected chi connectivity index (χ0v) is 61.4. The number of amides is 8. The normalized spacial score (nSPS) is 25.0. The van der Waals surface area contributed by atoms with Crippen LogP contribution < -0.4 is 42.5 Å². The van der Waals surface area contributed by atoms with Crippen molar-refractivity contribution >= 4 is 47.3 Å². The van der Waals surface area contributed by atoms with Gasteiger partial charge in [0, 0.05) is 40.4 Å². The Morgan fingerprint density at radius 1 is 0.340 bits per heavy atom. The summed E-state index contributed by atoms with van der Waals surface area (Å²) in [4.78, 5) is 101. The second-order valence-corrected chi connectivity index (χ2v) is 25.0. The number of aliphatic hydroxyl groups is 9. The van der Waals surface area contributed by atoms with Crippen LogP contribution in [-0.2, 0) is 109 Å². The van der Waals surface area contributed by atoms with Gasteiger partial charge in [-0.25, -0.2) is 0 Å². The molecule has 3 fully saturated rings. The van der Waals surface area contributed by atoms with Gasteiger partial charge in [-0.1, -0.05) is 26.2 Å². The van der Waals surface area contributed by atoms with E-state index in [9.17, 15) is 84.3 Å². The van der Waals surface area contributed by atoms with Crippen molar-refractivity contribution in [1.82, 2.24) is 42.5 Å². The smallest absolute Gasteiger partial charge is 0.246 e. The van der Waals surface area contributed by atoms with E-state index in [1.54, 1.807) is 0 Å². The van der Waals surface area contributed by atoms with Crippen LogP contribution in [0.5, 0.6) is 0 Å². The maximum absolute atomic E-state index is 14.1. The minimum Gasteiger partial charge on any atom is -0.394 e. The van der Waals surface area contributed by atoms with Crippen LogP contribution in [0.15, 0.2) is 0 Å². The Hall–Kier alpha value is -5.20. The minimum atomic E-state index is -1.46. The summed E-state index contributed by atoms with van der Waals surface area (Å²) < 4.78 is 82.9. The van der Waals surface area contributed by atoms with Crippen molar-refractivity contribution in [2.75, 3.05) is 178 Å². The molecule has 0 bridgehead atoms.